The van der Waals surface area contributed by atoms with Crippen molar-refractivity contribution < 1.29 is 19.1 Å². The van der Waals surface area contributed by atoms with Crippen LogP contribution in [0.4, 0.5) is 5.13 Å². The van der Waals surface area contributed by atoms with E-state index in [2.05, 4.69) is 23.5 Å². The third-order valence-electron chi connectivity index (χ3n) is 7.78. The number of thiazole rings is 1. The fourth-order valence-electron chi connectivity index (χ4n) is 5.42. The Hall–Kier alpha value is -4.50. The highest BCUT2D eigenvalue weighted by Gasteiger charge is 2.44. The van der Waals surface area contributed by atoms with Crippen molar-refractivity contribution in [3.05, 3.63) is 90.5 Å². The molecule has 9 heteroatoms. The van der Waals surface area contributed by atoms with E-state index in [4.69, 9.17) is 14.5 Å². The first-order chi connectivity index (χ1) is 21.3. The number of hydrogen-bond acceptors (Lipinski definition) is 8. The average molecular weight is 611 g/mol. The highest BCUT2D eigenvalue weighted by molar-refractivity contribution is 7.13. The van der Waals surface area contributed by atoms with E-state index in [-0.39, 0.29) is 18.4 Å². The molecule has 1 amide bonds. The van der Waals surface area contributed by atoms with Crippen LogP contribution >= 0.6 is 11.3 Å². The molecule has 1 N–H and O–H groups in total. The molecule has 0 saturated carbocycles. The van der Waals surface area contributed by atoms with Gasteiger partial charge < -0.3 is 19.7 Å². The Morgan fingerprint density at radius 2 is 1.93 bits per heavy atom. The fraction of sp³-hybridized carbons (Fsp3) is 0.314. The van der Waals surface area contributed by atoms with Crippen molar-refractivity contribution in [2.75, 3.05) is 19.0 Å². The lowest BCUT2D eigenvalue weighted by molar-refractivity contribution is -0.151. The standard InChI is InChI=1S/C35H38N4O4S/c1-6-8-14-25-21-44-35(36-25)38-32(22(3)4)33(40)39-20-26(18-30(39)34(41)42-5)43-31-19-29(24-12-10-9-11-13-24)37-28-16-15-23(7-2)17-27(28)31/h6-7,9-13,15-17,19,21-22,26,30,32H,1-2,8,14,18,20H2,3-5H3,(H,36,38)/t26-,30+,32+/m1/s1. The second-order valence-corrected chi connectivity index (χ2v) is 12.1. The third-order valence-corrected chi connectivity index (χ3v) is 8.60. The smallest absolute Gasteiger partial charge is 0.328 e. The molecule has 0 aliphatic carbocycles. The van der Waals surface area contributed by atoms with Crippen LogP contribution < -0.4 is 10.1 Å². The van der Waals surface area contributed by atoms with Crippen molar-refractivity contribution in [3.63, 3.8) is 0 Å². The molecule has 8 nitrogen and oxygen atoms in total. The highest BCUT2D eigenvalue weighted by atomic mass is 32.1. The fourth-order valence-corrected chi connectivity index (χ4v) is 6.21. The number of nitrogens with zero attached hydrogens (tertiary/aromatic N) is 3. The predicted molar refractivity (Wildman–Crippen MR) is 177 cm³/mol. The lowest BCUT2D eigenvalue weighted by Crippen LogP contribution is -2.50. The summed E-state index contributed by atoms with van der Waals surface area (Å²) in [6, 6.07) is 16.4. The molecule has 3 atom stereocenters. The van der Waals surface area contributed by atoms with E-state index < -0.39 is 24.2 Å². The number of ether oxygens (including phenoxy) is 2. The van der Waals surface area contributed by atoms with E-state index in [1.165, 1.54) is 18.4 Å². The summed E-state index contributed by atoms with van der Waals surface area (Å²) in [6.07, 6.45) is 5.13. The molecule has 1 aliphatic rings. The van der Waals surface area contributed by atoms with Crippen LogP contribution in [0.1, 0.15) is 37.9 Å². The number of esters is 1. The van der Waals surface area contributed by atoms with Crippen molar-refractivity contribution in [3.8, 4) is 17.0 Å². The van der Waals surface area contributed by atoms with Gasteiger partial charge in [-0.25, -0.2) is 14.8 Å². The summed E-state index contributed by atoms with van der Waals surface area (Å²) in [5.74, 6) is -0.0840. The van der Waals surface area contributed by atoms with Crippen LogP contribution in [0.15, 0.2) is 79.2 Å². The second-order valence-electron chi connectivity index (χ2n) is 11.2. The molecule has 0 radical (unpaired) electrons. The minimum Gasteiger partial charge on any atom is -0.488 e. The molecule has 1 saturated heterocycles. The van der Waals surface area contributed by atoms with E-state index in [0.29, 0.717) is 17.3 Å². The summed E-state index contributed by atoms with van der Waals surface area (Å²) in [5, 5.41) is 6.83. The minimum absolute atomic E-state index is 0.0591. The molecule has 228 valence electrons. The van der Waals surface area contributed by atoms with Gasteiger partial charge in [0.05, 0.1) is 30.6 Å². The minimum atomic E-state index is -0.773. The molecule has 5 rings (SSSR count). The van der Waals surface area contributed by atoms with Gasteiger partial charge in [-0.15, -0.1) is 17.9 Å². The van der Waals surface area contributed by atoms with Crippen molar-refractivity contribution in [2.45, 2.75) is 51.3 Å². The lowest BCUT2D eigenvalue weighted by Gasteiger charge is -2.29. The maximum absolute atomic E-state index is 14.1. The van der Waals surface area contributed by atoms with Gasteiger partial charge >= 0.3 is 5.97 Å². The molecule has 4 aromatic rings. The van der Waals surface area contributed by atoms with Gasteiger partial charge in [0.25, 0.3) is 0 Å². The second kappa shape index (κ2) is 13.9. The Kier molecular flexibility index (Phi) is 9.75. The average Bonchev–Trinajstić information content (AvgIpc) is 3.69. The lowest BCUT2D eigenvalue weighted by atomic mass is 10.0. The monoisotopic (exact) mass is 610 g/mol. The number of fused-ring (bicyclic) bond motifs is 1. The Morgan fingerprint density at radius 3 is 2.64 bits per heavy atom. The van der Waals surface area contributed by atoms with Crippen molar-refractivity contribution in [2.24, 2.45) is 5.92 Å². The number of benzene rings is 2. The van der Waals surface area contributed by atoms with Crippen LogP contribution in [-0.4, -0.2) is 58.6 Å². The summed E-state index contributed by atoms with van der Waals surface area (Å²) < 4.78 is 11.8. The molecule has 2 aromatic carbocycles. The number of allylic oxidation sites excluding steroid dienone is 1. The van der Waals surface area contributed by atoms with Gasteiger partial charge in [0.15, 0.2) is 5.13 Å². The number of aromatic nitrogens is 2. The summed E-state index contributed by atoms with van der Waals surface area (Å²) >= 11 is 1.47. The molecular weight excluding hydrogens is 572 g/mol. The van der Waals surface area contributed by atoms with Crippen LogP contribution in [0.2, 0.25) is 0 Å². The van der Waals surface area contributed by atoms with Crippen LogP contribution in [-0.2, 0) is 20.7 Å². The van der Waals surface area contributed by atoms with E-state index in [9.17, 15) is 9.59 Å². The summed E-state index contributed by atoms with van der Waals surface area (Å²) in [5.41, 5.74) is 4.40. The van der Waals surface area contributed by atoms with Crippen LogP contribution in [0, 0.1) is 5.92 Å². The number of likely N-dealkylation sites (tertiary alicyclic amines) is 1. The molecule has 1 fully saturated rings. The number of methoxy groups -OCH3 is 1. The maximum Gasteiger partial charge on any atom is 0.328 e. The van der Waals surface area contributed by atoms with E-state index >= 15 is 0 Å². The van der Waals surface area contributed by atoms with Gasteiger partial charge in [0.2, 0.25) is 5.91 Å². The van der Waals surface area contributed by atoms with Crippen molar-refractivity contribution >= 4 is 45.3 Å². The van der Waals surface area contributed by atoms with E-state index in [0.717, 1.165) is 46.3 Å². The van der Waals surface area contributed by atoms with E-state index in [1.54, 1.807) is 11.0 Å². The number of rotatable bonds is 12. The Labute approximate surface area is 262 Å². The number of anilines is 1. The third kappa shape index (κ3) is 6.83. The first-order valence-corrected chi connectivity index (χ1v) is 15.7. The molecule has 0 bridgehead atoms. The molecule has 44 heavy (non-hydrogen) atoms. The zero-order valence-corrected chi connectivity index (χ0v) is 26.2. The van der Waals surface area contributed by atoms with E-state index in [1.807, 2.05) is 79.9 Å². The van der Waals surface area contributed by atoms with Gasteiger partial charge in [0, 0.05) is 28.8 Å². The SMILES string of the molecule is C=CCCc1csc(N[C@H](C(=O)N2C[C@H](Oc3cc(-c4ccccc4)nc4ccc(C=C)cc34)C[C@H]2C(=O)OC)C(C)C)n1. The maximum atomic E-state index is 14.1. The van der Waals surface area contributed by atoms with Gasteiger partial charge in [-0.1, -0.05) is 69.0 Å². The first-order valence-electron chi connectivity index (χ1n) is 14.8. The largest absolute Gasteiger partial charge is 0.488 e. The van der Waals surface area contributed by atoms with Gasteiger partial charge in [-0.3, -0.25) is 4.79 Å². The van der Waals surface area contributed by atoms with Crippen LogP contribution in [0.5, 0.6) is 5.75 Å². The first kappa shape index (κ1) is 30.9. The zero-order valence-electron chi connectivity index (χ0n) is 25.4. The van der Waals surface area contributed by atoms with Crippen LogP contribution in [0.3, 0.4) is 0 Å². The molecule has 2 aromatic heterocycles. The molecule has 0 unspecified atom stereocenters. The highest BCUT2D eigenvalue weighted by Crippen LogP contribution is 2.34. The summed E-state index contributed by atoms with van der Waals surface area (Å²) in [7, 11) is 1.34. The quantitative estimate of drug-likeness (QED) is 0.140. The zero-order chi connectivity index (χ0) is 31.2. The van der Waals surface area contributed by atoms with Crippen molar-refractivity contribution in [1.82, 2.24) is 14.9 Å². The Morgan fingerprint density at radius 1 is 1.14 bits per heavy atom. The number of hydrogen-bond donors (Lipinski definition) is 1. The number of carbonyl (C=O) groups excluding carboxylic acids is 2. The summed E-state index contributed by atoms with van der Waals surface area (Å²) in [6.45, 7) is 11.9. The van der Waals surface area contributed by atoms with Crippen molar-refractivity contribution in [1.29, 1.82) is 0 Å². The van der Waals surface area contributed by atoms with Gasteiger partial charge in [0.1, 0.15) is 23.9 Å². The molecule has 1 aliphatic heterocycles. The van der Waals surface area contributed by atoms with Gasteiger partial charge in [-0.2, -0.15) is 0 Å². The number of amides is 1. The van der Waals surface area contributed by atoms with Crippen LogP contribution in [0.25, 0.3) is 28.2 Å². The number of nitrogens with one attached hydrogen (secondary N) is 1. The predicted octanol–water partition coefficient (Wildman–Crippen LogP) is 6.78. The molecule has 3 heterocycles. The number of pyridine rings is 1. The number of carbonyl (C=O) groups is 2. The Bertz CT molecular complexity index is 1650. The molecule has 0 spiro atoms. The summed E-state index contributed by atoms with van der Waals surface area (Å²) in [4.78, 5) is 38.2. The Balaban J connectivity index is 1.43. The normalized spacial score (nSPS) is 17.0. The van der Waals surface area contributed by atoms with Gasteiger partial charge in [-0.05, 0) is 36.5 Å². The number of aryl methyl sites for hydroxylation is 1. The molecular formula is C35H38N4O4S. The topological polar surface area (TPSA) is 93.7 Å².